The average Bonchev–Trinajstić information content (AvgIpc) is 1.83. The van der Waals surface area contributed by atoms with Crippen molar-refractivity contribution in [3.05, 3.63) is 20.2 Å². The van der Waals surface area contributed by atoms with E-state index < -0.39 is 22.4 Å². The first-order valence-electron chi connectivity index (χ1n) is 3.13. The number of hydrogen-bond acceptors (Lipinski definition) is 6. The van der Waals surface area contributed by atoms with Gasteiger partial charge in [0.2, 0.25) is 0 Å². The second kappa shape index (κ2) is 11.3. The Kier molecular flexibility index (Phi) is 14.7. The van der Waals surface area contributed by atoms with Crippen LogP contribution in [-0.4, -0.2) is 43.0 Å². The first kappa shape index (κ1) is 18.2. The van der Waals surface area contributed by atoms with Gasteiger partial charge in [0.1, 0.15) is 0 Å². The second-order valence-electron chi connectivity index (χ2n) is 1.96. The molecule has 0 spiro atoms. The largest absolute Gasteiger partial charge is 0.391 e. The topological polar surface area (TPSA) is 167 Å². The molecule has 0 aromatic rings. The summed E-state index contributed by atoms with van der Waals surface area (Å²) in [4.78, 5) is 16.7. The zero-order chi connectivity index (χ0) is 12.3. The van der Waals surface area contributed by atoms with E-state index in [4.69, 9.17) is 40.9 Å². The Balaban J connectivity index is -0.000000135. The molecule has 2 unspecified atom stereocenters. The van der Waals surface area contributed by atoms with Crippen LogP contribution in [0.1, 0.15) is 13.8 Å². The van der Waals surface area contributed by atoms with Gasteiger partial charge in [0.15, 0.2) is 0 Å². The van der Waals surface area contributed by atoms with Crippen molar-refractivity contribution in [3.8, 4) is 0 Å². The van der Waals surface area contributed by atoms with Gasteiger partial charge in [-0.05, 0) is 13.8 Å². The van der Waals surface area contributed by atoms with E-state index in [1.165, 1.54) is 0 Å². The summed E-state index contributed by atoms with van der Waals surface area (Å²) in [5, 5.41) is 44.0. The van der Waals surface area contributed by atoms with Gasteiger partial charge in [0.05, 0.1) is 12.2 Å². The van der Waals surface area contributed by atoms with Crippen molar-refractivity contribution in [3.63, 3.8) is 0 Å². The van der Waals surface area contributed by atoms with Crippen molar-refractivity contribution in [2.45, 2.75) is 26.1 Å². The van der Waals surface area contributed by atoms with Crippen molar-refractivity contribution in [2.24, 2.45) is 0 Å². The van der Waals surface area contributed by atoms with Crippen LogP contribution in [-0.2, 0) is 0 Å². The Bertz CT molecular complexity index is 131. The number of aliphatic hydroxyl groups excluding tert-OH is 2. The van der Waals surface area contributed by atoms with Crippen molar-refractivity contribution >= 4 is 0 Å². The third kappa shape index (κ3) is 167. The molecule has 0 aliphatic carbocycles. The molecule has 14 heavy (non-hydrogen) atoms. The Morgan fingerprint density at radius 3 is 1.00 bits per heavy atom. The quantitative estimate of drug-likeness (QED) is 0.321. The highest BCUT2D eigenvalue weighted by molar-refractivity contribution is 4.50. The summed E-state index contributed by atoms with van der Waals surface area (Å²) in [6.45, 7) is 3.09. The van der Waals surface area contributed by atoms with Crippen LogP contribution in [0.2, 0.25) is 0 Å². The summed E-state index contributed by atoms with van der Waals surface area (Å²) in [6, 6.07) is 0. The van der Waals surface area contributed by atoms with Gasteiger partial charge in [0, 0.05) is 0 Å². The highest BCUT2D eigenvalue weighted by Gasteiger charge is 1.99. The first-order chi connectivity index (χ1) is 6.11. The van der Waals surface area contributed by atoms with E-state index in [0.29, 0.717) is 0 Å². The molecule has 0 radical (unpaired) electrons. The van der Waals surface area contributed by atoms with Gasteiger partial charge in [-0.2, -0.15) is 0 Å². The molecule has 0 saturated carbocycles. The van der Waals surface area contributed by atoms with Gasteiger partial charge in [0.25, 0.3) is 10.2 Å². The van der Waals surface area contributed by atoms with Crippen LogP contribution in [0.25, 0.3) is 0 Å². The molecule has 0 aromatic carbocycles. The fourth-order valence-corrected chi connectivity index (χ4v) is 0. The Morgan fingerprint density at radius 2 is 1.00 bits per heavy atom. The number of rotatable bonds is 1. The molecule has 10 nitrogen and oxygen atoms in total. The Morgan fingerprint density at radius 1 is 0.929 bits per heavy atom. The van der Waals surface area contributed by atoms with Crippen LogP contribution < -0.4 is 0 Å². The fraction of sp³-hybridized carbons (Fsp3) is 1.00. The molecule has 0 saturated heterocycles. The lowest BCUT2D eigenvalue weighted by Gasteiger charge is -2.03. The molecule has 0 heterocycles. The van der Waals surface area contributed by atoms with Gasteiger partial charge in [-0.3, -0.25) is 0 Å². The van der Waals surface area contributed by atoms with Gasteiger partial charge in [-0.25, -0.2) is 0 Å². The van der Waals surface area contributed by atoms with Gasteiger partial charge in [-0.15, -0.1) is 20.2 Å². The van der Waals surface area contributed by atoms with Crippen LogP contribution in [0, 0.1) is 20.2 Å². The molecule has 0 aliphatic heterocycles. The number of hydrogen-bond donors (Lipinski definition) is 4. The van der Waals surface area contributed by atoms with E-state index in [1.807, 2.05) is 0 Å². The second-order valence-corrected chi connectivity index (χ2v) is 1.96. The lowest BCUT2D eigenvalue weighted by molar-refractivity contribution is -0.742. The van der Waals surface area contributed by atoms with Crippen LogP contribution in [0.5, 0.6) is 0 Å². The average molecular weight is 216 g/mol. The molecule has 0 aromatic heterocycles. The van der Waals surface area contributed by atoms with Gasteiger partial charge >= 0.3 is 0 Å². The molecule has 86 valence electrons. The highest BCUT2D eigenvalue weighted by atomic mass is 16.9. The van der Waals surface area contributed by atoms with Gasteiger partial charge < -0.3 is 20.6 Å². The third-order valence-corrected chi connectivity index (χ3v) is 0.698. The van der Waals surface area contributed by atoms with Crippen molar-refractivity contribution in [1.29, 1.82) is 0 Å². The van der Waals surface area contributed by atoms with E-state index in [2.05, 4.69) is 0 Å². The highest BCUT2D eigenvalue weighted by Crippen LogP contribution is 1.85. The van der Waals surface area contributed by atoms with Crippen molar-refractivity contribution < 1.29 is 30.8 Å². The monoisotopic (exact) mass is 216 g/mol. The zero-order valence-electron chi connectivity index (χ0n) is 7.47. The van der Waals surface area contributed by atoms with E-state index in [-0.39, 0.29) is 0 Å². The molecule has 0 aliphatic rings. The first-order valence-corrected chi connectivity index (χ1v) is 3.13. The van der Waals surface area contributed by atoms with E-state index in [1.54, 1.807) is 13.8 Å². The lowest BCUT2D eigenvalue weighted by Crippen LogP contribution is -2.17. The van der Waals surface area contributed by atoms with E-state index >= 15 is 0 Å². The van der Waals surface area contributed by atoms with E-state index in [0.717, 1.165) is 0 Å². The summed E-state index contributed by atoms with van der Waals surface area (Å²) in [5.74, 6) is 0. The fourth-order valence-electron chi connectivity index (χ4n) is 0. The normalized spacial score (nSPS) is 12.0. The smallest absolute Gasteiger partial charge is 0.291 e. The third-order valence-electron chi connectivity index (χ3n) is 0.698. The molecular weight excluding hydrogens is 204 g/mol. The molecule has 0 rings (SSSR count). The van der Waals surface area contributed by atoms with Crippen LogP contribution in [0.15, 0.2) is 0 Å². The lowest BCUT2D eigenvalue weighted by atomic mass is 10.3. The predicted octanol–water partition coefficient (Wildman–Crippen LogP) is -0.947. The van der Waals surface area contributed by atoms with Crippen molar-refractivity contribution in [1.82, 2.24) is 0 Å². The van der Waals surface area contributed by atoms with Crippen LogP contribution in [0.4, 0.5) is 0 Å². The summed E-state index contributed by atoms with van der Waals surface area (Å²) in [6.07, 6.45) is -1.19. The molecule has 10 heteroatoms. The maximum Gasteiger partial charge on any atom is 0.291 e. The Labute approximate surface area is 78.2 Å². The molecule has 0 fully saturated rings. The molecule has 0 bridgehead atoms. The van der Waals surface area contributed by atoms with Gasteiger partial charge in [-0.1, -0.05) is 0 Å². The molecule has 4 N–H and O–H groups in total. The van der Waals surface area contributed by atoms with Crippen molar-refractivity contribution in [2.75, 3.05) is 0 Å². The molecular formula is C4H12N2O8. The maximum absolute atomic E-state index is 8.38. The standard InChI is InChI=1S/C4H10O2.2HNO3/c1-3(5)4(2)6;2*2-1(3)4/h3-6H,1-2H3;2*(H,2,3,4). The van der Waals surface area contributed by atoms with Crippen LogP contribution >= 0.6 is 0 Å². The molecule has 0 amide bonds. The predicted molar refractivity (Wildman–Crippen MR) is 40.9 cm³/mol. The minimum Gasteiger partial charge on any atom is -0.391 e. The zero-order valence-corrected chi connectivity index (χ0v) is 7.47. The Hall–Kier alpha value is -1.68. The summed E-state index contributed by atoms with van der Waals surface area (Å²) >= 11 is 0. The summed E-state index contributed by atoms with van der Waals surface area (Å²) < 4.78 is 0. The summed E-state index contributed by atoms with van der Waals surface area (Å²) in [7, 11) is 0. The minimum absolute atomic E-state index is 0.593. The summed E-state index contributed by atoms with van der Waals surface area (Å²) in [5.41, 5.74) is 0. The number of aliphatic hydroxyl groups is 2. The maximum atomic E-state index is 8.38. The number of nitrogens with zero attached hydrogens (tertiary/aromatic N) is 2. The minimum atomic E-state index is -1.50. The van der Waals surface area contributed by atoms with Crippen LogP contribution in [0.3, 0.4) is 0 Å². The van der Waals surface area contributed by atoms with E-state index in [9.17, 15) is 0 Å². The SMILES string of the molecule is CC(O)C(C)O.O=[N+]([O-])O.O=[N+]([O-])O. The molecule has 2 atom stereocenters.